The number of rotatable bonds is 6. The molecule has 168 valence electrons. The van der Waals surface area contributed by atoms with Gasteiger partial charge in [0.2, 0.25) is 5.84 Å². The third-order valence-corrected chi connectivity index (χ3v) is 5.44. The zero-order valence-corrected chi connectivity index (χ0v) is 18.6. The topological polar surface area (TPSA) is 110 Å². The molecule has 1 fully saturated rings. The number of aliphatic hydroxyl groups is 2. The highest BCUT2D eigenvalue weighted by molar-refractivity contribution is 6.31. The average Bonchev–Trinajstić information content (AvgIpc) is 2.79. The summed E-state index contributed by atoms with van der Waals surface area (Å²) in [6.45, 7) is 2.42. The van der Waals surface area contributed by atoms with Crippen LogP contribution in [0.25, 0.3) is 0 Å². The molecule has 4 N–H and O–H groups in total. The summed E-state index contributed by atoms with van der Waals surface area (Å²) < 4.78 is 5.93. The van der Waals surface area contributed by atoms with Crippen molar-refractivity contribution < 1.29 is 14.9 Å². The first-order valence-electron chi connectivity index (χ1n) is 10.5. The van der Waals surface area contributed by atoms with Crippen molar-refractivity contribution in [3.63, 3.8) is 0 Å². The Morgan fingerprint density at radius 3 is 2.75 bits per heavy atom. The molecule has 1 aliphatic heterocycles. The number of benzene rings is 2. The molecule has 32 heavy (non-hydrogen) atoms. The molecule has 7 nitrogen and oxygen atoms in total. The van der Waals surface area contributed by atoms with Crippen LogP contribution in [0.4, 0.5) is 0 Å². The summed E-state index contributed by atoms with van der Waals surface area (Å²) in [5.74, 6) is 5.43. The van der Waals surface area contributed by atoms with E-state index in [1.54, 1.807) is 0 Å². The molecule has 2 aromatic carbocycles. The van der Waals surface area contributed by atoms with Gasteiger partial charge in [-0.25, -0.2) is 0 Å². The van der Waals surface area contributed by atoms with Crippen molar-refractivity contribution in [2.45, 2.75) is 44.5 Å². The molecule has 0 saturated carbocycles. The van der Waals surface area contributed by atoms with Crippen LogP contribution in [-0.2, 0) is 11.2 Å². The van der Waals surface area contributed by atoms with Crippen molar-refractivity contribution in [2.75, 3.05) is 13.2 Å². The zero-order chi connectivity index (χ0) is 22.9. The van der Waals surface area contributed by atoms with E-state index in [0.717, 1.165) is 22.3 Å². The highest BCUT2D eigenvalue weighted by Gasteiger charge is 2.29. The molecule has 1 saturated heterocycles. The fourth-order valence-corrected chi connectivity index (χ4v) is 3.68. The van der Waals surface area contributed by atoms with Gasteiger partial charge in [0.25, 0.3) is 0 Å². The normalized spacial score (nSPS) is 20.6. The number of nitrogens with zero attached hydrogens (tertiary/aromatic N) is 2. The summed E-state index contributed by atoms with van der Waals surface area (Å²) in [4.78, 5) is 0. The monoisotopic (exact) mass is 454 g/mol. The van der Waals surface area contributed by atoms with Gasteiger partial charge in [-0.05, 0) is 54.2 Å². The largest absolute Gasteiger partial charge is 0.394 e. The molecule has 0 aliphatic carbocycles. The lowest BCUT2D eigenvalue weighted by Gasteiger charge is -2.32. The Morgan fingerprint density at radius 1 is 1.25 bits per heavy atom. The average molecular weight is 455 g/mol. The standard InChI is InChI=1S/C24H27ClN4O3/c1-2-27-29-28-24(26)10-7-16-3-5-17(6-4-16)11-19-12-18(8-9-22(19)25)23-14-20(31)13-21(15-30)32-23/h3-6,8-9,12,20-21,23,30-31H,2,11,13-15H2,1H3,(H2,26,27,28)/t20?,21-,23+/m0/s1. The lowest BCUT2D eigenvalue weighted by molar-refractivity contribution is -0.113. The minimum atomic E-state index is -0.496. The summed E-state index contributed by atoms with van der Waals surface area (Å²) >= 11 is 6.44. The van der Waals surface area contributed by atoms with Crippen molar-refractivity contribution >= 4 is 17.4 Å². The van der Waals surface area contributed by atoms with Gasteiger partial charge in [-0.3, -0.25) is 10.8 Å². The first-order chi connectivity index (χ1) is 15.5. The first-order valence-corrected chi connectivity index (χ1v) is 10.9. The van der Waals surface area contributed by atoms with E-state index in [1.807, 2.05) is 49.4 Å². The van der Waals surface area contributed by atoms with Crippen LogP contribution in [0.15, 0.2) is 52.8 Å². The summed E-state index contributed by atoms with van der Waals surface area (Å²) in [5, 5.41) is 35.1. The molecule has 3 rings (SSSR count). The summed E-state index contributed by atoms with van der Waals surface area (Å²) in [7, 11) is 0. The third kappa shape index (κ3) is 6.87. The molecule has 0 aromatic heterocycles. The Morgan fingerprint density at radius 2 is 2.03 bits per heavy atom. The molecule has 0 radical (unpaired) electrons. The lowest BCUT2D eigenvalue weighted by atomic mass is 9.94. The van der Waals surface area contributed by atoms with E-state index >= 15 is 0 Å². The minimum Gasteiger partial charge on any atom is -0.394 e. The number of nitrogens with one attached hydrogen (secondary N) is 2. The predicted molar refractivity (Wildman–Crippen MR) is 124 cm³/mol. The van der Waals surface area contributed by atoms with Gasteiger partial charge in [0.05, 0.1) is 24.9 Å². The maximum atomic E-state index is 10.1. The van der Waals surface area contributed by atoms with Crippen molar-refractivity contribution in [3.8, 4) is 11.8 Å². The predicted octanol–water partition coefficient (Wildman–Crippen LogP) is 3.81. The summed E-state index contributed by atoms with van der Waals surface area (Å²) in [6, 6.07) is 13.5. The molecule has 2 aromatic rings. The highest BCUT2D eigenvalue weighted by Crippen LogP contribution is 2.33. The van der Waals surface area contributed by atoms with Crippen LogP contribution in [0.3, 0.4) is 0 Å². The molecule has 8 heteroatoms. The molecular formula is C24H27ClN4O3. The Labute approximate surface area is 193 Å². The number of hydrogen-bond acceptors (Lipinski definition) is 5. The Bertz CT molecular complexity index is 1010. The van der Waals surface area contributed by atoms with Crippen LogP contribution in [0.5, 0.6) is 0 Å². The molecule has 0 bridgehead atoms. The quantitative estimate of drug-likeness (QED) is 0.175. The van der Waals surface area contributed by atoms with Crippen LogP contribution in [0.2, 0.25) is 5.02 Å². The van der Waals surface area contributed by atoms with E-state index in [-0.39, 0.29) is 24.7 Å². The van der Waals surface area contributed by atoms with Gasteiger partial charge in [0.1, 0.15) is 0 Å². The molecule has 3 atom stereocenters. The van der Waals surface area contributed by atoms with Gasteiger partial charge in [-0.15, -0.1) is 5.11 Å². The van der Waals surface area contributed by atoms with Crippen LogP contribution in [-0.4, -0.2) is 41.4 Å². The Kier molecular flexibility index (Phi) is 8.77. The number of aliphatic hydroxyl groups excluding tert-OH is 2. The second kappa shape index (κ2) is 11.7. The van der Waals surface area contributed by atoms with Crippen LogP contribution in [0, 0.1) is 17.3 Å². The second-order valence-corrected chi connectivity index (χ2v) is 8.00. The lowest BCUT2D eigenvalue weighted by Crippen LogP contribution is -2.33. The van der Waals surface area contributed by atoms with Crippen molar-refractivity contribution in [1.29, 1.82) is 5.41 Å². The fourth-order valence-electron chi connectivity index (χ4n) is 3.49. The smallest absolute Gasteiger partial charge is 0.220 e. The van der Waals surface area contributed by atoms with E-state index < -0.39 is 6.10 Å². The summed E-state index contributed by atoms with van der Waals surface area (Å²) in [5.41, 5.74) is 6.39. The van der Waals surface area contributed by atoms with Crippen molar-refractivity contribution in [2.24, 2.45) is 10.3 Å². The van der Waals surface area contributed by atoms with Crippen LogP contribution in [0.1, 0.15) is 48.1 Å². The molecule has 1 aliphatic rings. The van der Waals surface area contributed by atoms with Crippen LogP contribution >= 0.6 is 11.6 Å². The van der Waals surface area contributed by atoms with E-state index in [4.69, 9.17) is 21.7 Å². The van der Waals surface area contributed by atoms with Crippen molar-refractivity contribution in [1.82, 2.24) is 5.43 Å². The van der Waals surface area contributed by atoms with E-state index in [2.05, 4.69) is 27.6 Å². The maximum absolute atomic E-state index is 10.1. The van der Waals surface area contributed by atoms with Crippen LogP contribution < -0.4 is 5.43 Å². The fraction of sp³-hybridized carbons (Fsp3) is 0.375. The molecule has 1 heterocycles. The zero-order valence-electron chi connectivity index (χ0n) is 17.9. The van der Waals surface area contributed by atoms with Gasteiger partial charge in [-0.2, -0.15) is 0 Å². The molecule has 1 unspecified atom stereocenters. The number of ether oxygens (including phenoxy) is 1. The molecule has 0 spiro atoms. The number of halogens is 1. The van der Waals surface area contributed by atoms with Gasteiger partial charge >= 0.3 is 0 Å². The van der Waals surface area contributed by atoms with Gasteiger partial charge in [0, 0.05) is 30.0 Å². The summed E-state index contributed by atoms with van der Waals surface area (Å²) in [6.07, 6.45) is 0.442. The number of amidine groups is 1. The second-order valence-electron chi connectivity index (χ2n) is 7.59. The highest BCUT2D eigenvalue weighted by atomic mass is 35.5. The van der Waals surface area contributed by atoms with Gasteiger partial charge in [0.15, 0.2) is 0 Å². The maximum Gasteiger partial charge on any atom is 0.220 e. The van der Waals surface area contributed by atoms with Gasteiger partial charge in [-0.1, -0.05) is 47.0 Å². The SMILES string of the molecule is CCN/N=N\C(=N)C#Cc1ccc(Cc2cc([C@H]3CC(O)C[C@@H](CO)O3)ccc2Cl)cc1. The molecule has 0 amide bonds. The Hall–Kier alpha value is -2.76. The first kappa shape index (κ1) is 23.9. The number of hydrogen-bond donors (Lipinski definition) is 4. The van der Waals surface area contributed by atoms with E-state index in [0.29, 0.717) is 30.8 Å². The molecular weight excluding hydrogens is 428 g/mol. The third-order valence-electron chi connectivity index (χ3n) is 5.08. The van der Waals surface area contributed by atoms with Crippen molar-refractivity contribution in [3.05, 3.63) is 69.7 Å². The minimum absolute atomic E-state index is 0.110. The Balaban J connectivity index is 1.68. The van der Waals surface area contributed by atoms with E-state index in [1.165, 1.54) is 0 Å². The van der Waals surface area contributed by atoms with E-state index in [9.17, 15) is 10.2 Å². The van der Waals surface area contributed by atoms with Gasteiger partial charge < -0.3 is 14.9 Å².